The van der Waals surface area contributed by atoms with Crippen LogP contribution in [0.5, 0.6) is 0 Å². The van der Waals surface area contributed by atoms with Gasteiger partial charge in [0, 0.05) is 6.54 Å². The number of halogens is 3. The lowest BCUT2D eigenvalue weighted by molar-refractivity contribution is -0.173. The van der Waals surface area contributed by atoms with Crippen molar-refractivity contribution in [2.45, 2.75) is 12.6 Å². The van der Waals surface area contributed by atoms with Gasteiger partial charge in [0.05, 0.1) is 0 Å². The van der Waals surface area contributed by atoms with Gasteiger partial charge in [-0.3, -0.25) is 4.79 Å². The standard InChI is InChI=1S/C5H8F3NOS/c6-5(7,8)4(10)9-2-1-3-11/h11H,1-3H2,(H,9,10). The van der Waals surface area contributed by atoms with E-state index >= 15 is 0 Å². The van der Waals surface area contributed by atoms with Gasteiger partial charge in [0.25, 0.3) is 0 Å². The summed E-state index contributed by atoms with van der Waals surface area (Å²) in [5.74, 6) is -1.43. The van der Waals surface area contributed by atoms with Crippen molar-refractivity contribution in [2.75, 3.05) is 12.3 Å². The first kappa shape index (κ1) is 10.6. The van der Waals surface area contributed by atoms with Gasteiger partial charge in [0.2, 0.25) is 0 Å². The summed E-state index contributed by atoms with van der Waals surface area (Å²) in [5, 5.41) is 1.71. The van der Waals surface area contributed by atoms with Crippen LogP contribution in [-0.4, -0.2) is 24.4 Å². The van der Waals surface area contributed by atoms with Crippen molar-refractivity contribution in [3.05, 3.63) is 0 Å². The second-order valence-electron chi connectivity index (χ2n) is 1.83. The molecule has 0 rings (SSSR count). The molecule has 11 heavy (non-hydrogen) atoms. The maximum Gasteiger partial charge on any atom is 0.471 e. The molecule has 1 N–H and O–H groups in total. The van der Waals surface area contributed by atoms with Crippen LogP contribution in [-0.2, 0) is 4.79 Å². The normalized spacial score (nSPS) is 11.3. The fourth-order valence-corrected chi connectivity index (χ4v) is 0.539. The zero-order valence-corrected chi connectivity index (χ0v) is 6.51. The second kappa shape index (κ2) is 4.48. The predicted molar refractivity (Wildman–Crippen MR) is 37.5 cm³/mol. The van der Waals surface area contributed by atoms with E-state index in [2.05, 4.69) is 12.6 Å². The highest BCUT2D eigenvalue weighted by molar-refractivity contribution is 7.80. The number of alkyl halides is 3. The molecule has 0 aromatic rings. The van der Waals surface area contributed by atoms with Gasteiger partial charge in [-0.25, -0.2) is 0 Å². The molecule has 0 saturated carbocycles. The van der Waals surface area contributed by atoms with Gasteiger partial charge in [-0.05, 0) is 12.2 Å². The molecule has 0 aliphatic heterocycles. The van der Waals surface area contributed by atoms with Crippen LogP contribution in [0.25, 0.3) is 0 Å². The van der Waals surface area contributed by atoms with Gasteiger partial charge < -0.3 is 5.32 Å². The van der Waals surface area contributed by atoms with Crippen molar-refractivity contribution in [3.8, 4) is 0 Å². The third-order valence-corrected chi connectivity index (χ3v) is 1.19. The minimum atomic E-state index is -4.77. The first-order valence-corrected chi connectivity index (χ1v) is 3.57. The van der Waals surface area contributed by atoms with Crippen molar-refractivity contribution in [1.82, 2.24) is 5.32 Å². The first-order chi connectivity index (χ1) is 4.98. The Morgan fingerprint density at radius 3 is 2.36 bits per heavy atom. The molecular weight excluding hydrogens is 179 g/mol. The Labute approximate surface area is 67.6 Å². The molecule has 0 aliphatic carbocycles. The van der Waals surface area contributed by atoms with Crippen molar-refractivity contribution in [2.24, 2.45) is 0 Å². The molecule has 0 atom stereocenters. The van der Waals surface area contributed by atoms with Crippen LogP contribution in [0.15, 0.2) is 0 Å². The Hall–Kier alpha value is -0.390. The molecule has 0 saturated heterocycles. The molecule has 0 radical (unpaired) electrons. The molecule has 6 heteroatoms. The number of carbonyl (C=O) groups excluding carboxylic acids is 1. The summed E-state index contributed by atoms with van der Waals surface area (Å²) >= 11 is 3.76. The Bertz CT molecular complexity index is 136. The van der Waals surface area contributed by atoms with Crippen LogP contribution >= 0.6 is 12.6 Å². The lowest BCUT2D eigenvalue weighted by atomic mass is 10.4. The topological polar surface area (TPSA) is 29.1 Å². The minimum Gasteiger partial charge on any atom is -0.348 e. The number of hydrogen-bond donors (Lipinski definition) is 2. The highest BCUT2D eigenvalue weighted by atomic mass is 32.1. The average molecular weight is 187 g/mol. The van der Waals surface area contributed by atoms with E-state index in [0.717, 1.165) is 0 Å². The van der Waals surface area contributed by atoms with E-state index in [1.54, 1.807) is 5.32 Å². The van der Waals surface area contributed by atoms with Crippen LogP contribution in [0.3, 0.4) is 0 Å². The molecule has 0 fully saturated rings. The predicted octanol–water partition coefficient (Wildman–Crippen LogP) is 0.985. The van der Waals surface area contributed by atoms with Crippen molar-refractivity contribution < 1.29 is 18.0 Å². The summed E-state index contributed by atoms with van der Waals surface area (Å²) in [7, 11) is 0. The van der Waals surface area contributed by atoms with Gasteiger partial charge in [0.1, 0.15) is 0 Å². The Kier molecular flexibility index (Phi) is 4.32. The van der Waals surface area contributed by atoms with Crippen LogP contribution < -0.4 is 5.32 Å². The monoisotopic (exact) mass is 187 g/mol. The van der Waals surface area contributed by atoms with Gasteiger partial charge in [-0.2, -0.15) is 25.8 Å². The molecule has 0 aromatic heterocycles. The van der Waals surface area contributed by atoms with E-state index in [-0.39, 0.29) is 6.54 Å². The molecule has 0 aliphatic rings. The molecule has 2 nitrogen and oxygen atoms in total. The number of rotatable bonds is 3. The van der Waals surface area contributed by atoms with Crippen LogP contribution in [0.2, 0.25) is 0 Å². The zero-order chi connectivity index (χ0) is 8.91. The average Bonchev–Trinajstić information content (AvgIpc) is 1.86. The lowest BCUT2D eigenvalue weighted by Crippen LogP contribution is -2.37. The van der Waals surface area contributed by atoms with Crippen LogP contribution in [0.1, 0.15) is 6.42 Å². The van der Waals surface area contributed by atoms with Gasteiger partial charge in [-0.1, -0.05) is 0 Å². The summed E-state index contributed by atoms with van der Waals surface area (Å²) < 4.78 is 34.3. The van der Waals surface area contributed by atoms with Crippen molar-refractivity contribution in [1.29, 1.82) is 0 Å². The highest BCUT2D eigenvalue weighted by Gasteiger charge is 2.37. The number of nitrogens with one attached hydrogen (secondary N) is 1. The van der Waals surface area contributed by atoms with E-state index in [9.17, 15) is 18.0 Å². The quantitative estimate of drug-likeness (QED) is 0.500. The zero-order valence-electron chi connectivity index (χ0n) is 5.61. The molecule has 66 valence electrons. The number of hydrogen-bond acceptors (Lipinski definition) is 2. The van der Waals surface area contributed by atoms with Crippen molar-refractivity contribution in [3.63, 3.8) is 0 Å². The van der Waals surface area contributed by atoms with E-state index in [4.69, 9.17) is 0 Å². The largest absolute Gasteiger partial charge is 0.471 e. The molecule has 0 unspecified atom stereocenters. The third-order valence-electron chi connectivity index (χ3n) is 0.878. The molecule has 1 amide bonds. The SMILES string of the molecule is O=C(NCCCS)C(F)(F)F. The summed E-state index contributed by atoms with van der Waals surface area (Å²) in [6.45, 7) is 0.0157. The second-order valence-corrected chi connectivity index (χ2v) is 2.28. The summed E-state index contributed by atoms with van der Waals surface area (Å²) in [6.07, 6.45) is -4.33. The van der Waals surface area contributed by atoms with Gasteiger partial charge in [-0.15, -0.1) is 0 Å². The maximum absolute atomic E-state index is 11.4. The summed E-state index contributed by atoms with van der Waals surface area (Å²) in [6, 6.07) is 0. The Morgan fingerprint density at radius 1 is 1.45 bits per heavy atom. The first-order valence-electron chi connectivity index (χ1n) is 2.94. The lowest BCUT2D eigenvalue weighted by Gasteiger charge is -2.05. The van der Waals surface area contributed by atoms with Crippen molar-refractivity contribution >= 4 is 18.5 Å². The van der Waals surface area contributed by atoms with E-state index < -0.39 is 12.1 Å². The number of thiol groups is 1. The van der Waals surface area contributed by atoms with Gasteiger partial charge in [0.15, 0.2) is 0 Å². The third kappa shape index (κ3) is 4.94. The van der Waals surface area contributed by atoms with E-state index in [1.165, 1.54) is 0 Å². The molecule has 0 aromatic carbocycles. The van der Waals surface area contributed by atoms with Crippen LogP contribution in [0, 0.1) is 0 Å². The Morgan fingerprint density at radius 2 is 2.00 bits per heavy atom. The fraction of sp³-hybridized carbons (Fsp3) is 0.800. The number of carbonyl (C=O) groups is 1. The molecule has 0 spiro atoms. The molecule has 0 bridgehead atoms. The molecular formula is C5H8F3NOS. The minimum absolute atomic E-state index is 0.0157. The van der Waals surface area contributed by atoms with Crippen LogP contribution in [0.4, 0.5) is 13.2 Å². The van der Waals surface area contributed by atoms with Gasteiger partial charge >= 0.3 is 12.1 Å². The highest BCUT2D eigenvalue weighted by Crippen LogP contribution is 2.13. The molecule has 0 heterocycles. The van der Waals surface area contributed by atoms with E-state index in [1.807, 2.05) is 0 Å². The summed E-state index contributed by atoms with van der Waals surface area (Å²) in [5.41, 5.74) is 0. The van der Waals surface area contributed by atoms with E-state index in [0.29, 0.717) is 12.2 Å². The smallest absolute Gasteiger partial charge is 0.348 e. The summed E-state index contributed by atoms with van der Waals surface area (Å²) in [4.78, 5) is 10.1. The Balaban J connectivity index is 3.54. The maximum atomic E-state index is 11.4. The fourth-order valence-electron chi connectivity index (χ4n) is 0.381. The number of amides is 1.